The van der Waals surface area contributed by atoms with E-state index in [2.05, 4.69) is 28.6 Å². The maximum atomic E-state index is 5.76. The predicted octanol–water partition coefficient (Wildman–Crippen LogP) is 2.34. The van der Waals surface area contributed by atoms with Crippen LogP contribution >= 0.6 is 0 Å². The van der Waals surface area contributed by atoms with Gasteiger partial charge in [0.25, 0.3) is 0 Å². The van der Waals surface area contributed by atoms with Crippen LogP contribution in [0.5, 0.6) is 5.75 Å². The van der Waals surface area contributed by atoms with Crippen LogP contribution in [0.4, 0.5) is 0 Å². The van der Waals surface area contributed by atoms with E-state index in [1.807, 2.05) is 25.2 Å². The topological polar surface area (TPSA) is 45.7 Å². The Morgan fingerprint density at radius 1 is 1.30 bits per heavy atom. The minimum atomic E-state index is 0.720. The first-order valence-corrected chi connectivity index (χ1v) is 7.42. The number of para-hydroxylation sites is 1. The molecule has 2 N–H and O–H groups in total. The van der Waals surface area contributed by atoms with Gasteiger partial charge in [-0.15, -0.1) is 0 Å². The molecule has 0 spiro atoms. The first-order chi connectivity index (χ1) is 9.79. The lowest BCUT2D eigenvalue weighted by Crippen LogP contribution is -2.39. The predicted molar refractivity (Wildman–Crippen MR) is 83.4 cm³/mol. The molecule has 110 valence electrons. The maximum Gasteiger partial charge on any atom is 0.190 e. The van der Waals surface area contributed by atoms with Crippen molar-refractivity contribution in [1.29, 1.82) is 0 Å². The maximum absolute atomic E-state index is 5.76. The van der Waals surface area contributed by atoms with Gasteiger partial charge >= 0.3 is 0 Å². The second kappa shape index (κ2) is 7.78. The normalized spacial score (nSPS) is 15.0. The molecule has 4 nitrogen and oxygen atoms in total. The van der Waals surface area contributed by atoms with Crippen molar-refractivity contribution in [1.82, 2.24) is 10.6 Å². The van der Waals surface area contributed by atoms with Crippen molar-refractivity contribution < 1.29 is 4.74 Å². The second-order valence-corrected chi connectivity index (χ2v) is 5.29. The van der Waals surface area contributed by atoms with Crippen LogP contribution < -0.4 is 15.4 Å². The van der Waals surface area contributed by atoms with Gasteiger partial charge in [0.05, 0.1) is 6.61 Å². The number of rotatable bonds is 7. The van der Waals surface area contributed by atoms with Crippen molar-refractivity contribution in [2.75, 3.05) is 26.7 Å². The van der Waals surface area contributed by atoms with Gasteiger partial charge in [-0.2, -0.15) is 0 Å². The van der Waals surface area contributed by atoms with Crippen molar-refractivity contribution in [3.63, 3.8) is 0 Å². The van der Waals surface area contributed by atoms with Gasteiger partial charge < -0.3 is 15.4 Å². The van der Waals surface area contributed by atoms with E-state index >= 15 is 0 Å². The molecule has 1 saturated carbocycles. The molecule has 1 aliphatic carbocycles. The highest BCUT2D eigenvalue weighted by Gasteiger charge is 2.20. The molecule has 1 aromatic rings. The number of hydrogen-bond acceptors (Lipinski definition) is 2. The van der Waals surface area contributed by atoms with Crippen LogP contribution in [-0.2, 0) is 0 Å². The summed E-state index contributed by atoms with van der Waals surface area (Å²) in [7, 11) is 1.81. The molecule has 0 saturated heterocycles. The van der Waals surface area contributed by atoms with E-state index in [1.165, 1.54) is 18.4 Å². The van der Waals surface area contributed by atoms with Crippen LogP contribution in [0.2, 0.25) is 0 Å². The average molecular weight is 275 g/mol. The van der Waals surface area contributed by atoms with Crippen LogP contribution in [0.25, 0.3) is 0 Å². The third-order valence-corrected chi connectivity index (χ3v) is 3.44. The number of guanidine groups is 1. The van der Waals surface area contributed by atoms with Crippen molar-refractivity contribution in [3.8, 4) is 5.75 Å². The third kappa shape index (κ3) is 5.11. The van der Waals surface area contributed by atoms with E-state index in [0.717, 1.165) is 43.7 Å². The smallest absolute Gasteiger partial charge is 0.190 e. The van der Waals surface area contributed by atoms with Gasteiger partial charge in [0.1, 0.15) is 5.75 Å². The molecule has 1 fully saturated rings. The van der Waals surface area contributed by atoms with Crippen molar-refractivity contribution in [3.05, 3.63) is 29.8 Å². The van der Waals surface area contributed by atoms with Crippen LogP contribution in [0, 0.1) is 12.8 Å². The SMILES string of the molecule is CN=C(NCCCOc1ccccc1C)NCC1CC1. The largest absolute Gasteiger partial charge is 0.493 e. The van der Waals surface area contributed by atoms with Gasteiger partial charge in [-0.3, -0.25) is 4.99 Å². The van der Waals surface area contributed by atoms with Crippen LogP contribution in [0.3, 0.4) is 0 Å². The molecule has 0 heterocycles. The molecule has 0 atom stereocenters. The zero-order chi connectivity index (χ0) is 14.2. The molecule has 4 heteroatoms. The summed E-state index contributed by atoms with van der Waals surface area (Å²) >= 11 is 0. The van der Waals surface area contributed by atoms with Crippen molar-refractivity contribution >= 4 is 5.96 Å². The molecule has 20 heavy (non-hydrogen) atoms. The molecule has 0 unspecified atom stereocenters. The molecule has 2 rings (SSSR count). The summed E-state index contributed by atoms with van der Waals surface area (Å²) in [6.45, 7) is 4.70. The Morgan fingerprint density at radius 2 is 2.10 bits per heavy atom. The lowest BCUT2D eigenvalue weighted by atomic mass is 10.2. The molecular formula is C16H25N3O. The van der Waals surface area contributed by atoms with Gasteiger partial charge in [-0.1, -0.05) is 18.2 Å². The van der Waals surface area contributed by atoms with Crippen molar-refractivity contribution in [2.45, 2.75) is 26.2 Å². The molecular weight excluding hydrogens is 250 g/mol. The summed E-state index contributed by atoms with van der Waals surface area (Å²) in [5.41, 5.74) is 1.18. The molecule has 0 aliphatic heterocycles. The highest BCUT2D eigenvalue weighted by atomic mass is 16.5. The monoisotopic (exact) mass is 275 g/mol. The van der Waals surface area contributed by atoms with Crippen molar-refractivity contribution in [2.24, 2.45) is 10.9 Å². The summed E-state index contributed by atoms with van der Waals surface area (Å²) in [5, 5.41) is 6.66. The summed E-state index contributed by atoms with van der Waals surface area (Å²) in [5.74, 6) is 2.73. The molecule has 0 bridgehead atoms. The number of aliphatic imine (C=N–C) groups is 1. The fraction of sp³-hybridized carbons (Fsp3) is 0.562. The highest BCUT2D eigenvalue weighted by Crippen LogP contribution is 2.27. The highest BCUT2D eigenvalue weighted by molar-refractivity contribution is 5.79. The number of aryl methyl sites for hydroxylation is 1. The van der Waals surface area contributed by atoms with Crippen LogP contribution in [0.1, 0.15) is 24.8 Å². The van der Waals surface area contributed by atoms with E-state index in [1.54, 1.807) is 0 Å². The van der Waals surface area contributed by atoms with Gasteiger partial charge in [0, 0.05) is 20.1 Å². The molecule has 1 aliphatic rings. The van der Waals surface area contributed by atoms with E-state index in [0.29, 0.717) is 0 Å². The Morgan fingerprint density at radius 3 is 2.80 bits per heavy atom. The van der Waals surface area contributed by atoms with Crippen LogP contribution in [0.15, 0.2) is 29.3 Å². The summed E-state index contributed by atoms with van der Waals surface area (Å²) < 4.78 is 5.76. The van der Waals surface area contributed by atoms with E-state index in [4.69, 9.17) is 4.74 Å². The standard InChI is InChI=1S/C16H25N3O/c1-13-6-3-4-7-15(13)20-11-5-10-18-16(17-2)19-12-14-8-9-14/h3-4,6-7,14H,5,8-12H2,1-2H3,(H2,17,18,19). The minimum Gasteiger partial charge on any atom is -0.493 e. The first kappa shape index (κ1) is 14.7. The molecule has 0 radical (unpaired) electrons. The van der Waals surface area contributed by atoms with Gasteiger partial charge in [-0.05, 0) is 43.7 Å². The Bertz CT molecular complexity index is 441. The number of nitrogens with zero attached hydrogens (tertiary/aromatic N) is 1. The fourth-order valence-electron chi connectivity index (χ4n) is 1.96. The van der Waals surface area contributed by atoms with E-state index < -0.39 is 0 Å². The van der Waals surface area contributed by atoms with Gasteiger partial charge in [0.15, 0.2) is 5.96 Å². The second-order valence-electron chi connectivity index (χ2n) is 5.29. The number of ether oxygens (including phenoxy) is 1. The molecule has 0 aromatic heterocycles. The zero-order valence-electron chi connectivity index (χ0n) is 12.5. The third-order valence-electron chi connectivity index (χ3n) is 3.44. The molecule has 0 amide bonds. The Balaban J connectivity index is 1.57. The Labute approximate surface area is 121 Å². The summed E-state index contributed by atoms with van der Waals surface area (Å²) in [4.78, 5) is 4.21. The summed E-state index contributed by atoms with van der Waals surface area (Å²) in [6.07, 6.45) is 3.67. The van der Waals surface area contributed by atoms with Gasteiger partial charge in [0.2, 0.25) is 0 Å². The quantitative estimate of drug-likeness (QED) is 0.456. The minimum absolute atomic E-state index is 0.720. The average Bonchev–Trinajstić information content (AvgIpc) is 3.28. The van der Waals surface area contributed by atoms with E-state index in [-0.39, 0.29) is 0 Å². The van der Waals surface area contributed by atoms with Gasteiger partial charge in [-0.25, -0.2) is 0 Å². The number of hydrogen-bond donors (Lipinski definition) is 2. The first-order valence-electron chi connectivity index (χ1n) is 7.42. The Kier molecular flexibility index (Phi) is 5.71. The molecule has 1 aromatic carbocycles. The van der Waals surface area contributed by atoms with E-state index in [9.17, 15) is 0 Å². The number of benzene rings is 1. The zero-order valence-corrected chi connectivity index (χ0v) is 12.5. The van der Waals surface area contributed by atoms with Crippen LogP contribution in [-0.4, -0.2) is 32.7 Å². The fourth-order valence-corrected chi connectivity index (χ4v) is 1.96. The Hall–Kier alpha value is -1.71. The number of nitrogens with one attached hydrogen (secondary N) is 2. The lowest BCUT2D eigenvalue weighted by molar-refractivity contribution is 0.309. The summed E-state index contributed by atoms with van der Waals surface area (Å²) in [6, 6.07) is 8.11. The lowest BCUT2D eigenvalue weighted by Gasteiger charge is -2.12.